The van der Waals surface area contributed by atoms with Crippen LogP contribution in [-0.4, -0.2) is 57.5 Å². The molecule has 0 aliphatic carbocycles. The van der Waals surface area contributed by atoms with Crippen molar-refractivity contribution in [2.45, 2.75) is 53.0 Å². The van der Waals surface area contributed by atoms with Crippen molar-refractivity contribution in [3.05, 3.63) is 83.3 Å². The summed E-state index contributed by atoms with van der Waals surface area (Å²) in [6.07, 6.45) is 1.50. The van der Waals surface area contributed by atoms with Crippen LogP contribution in [-0.2, 0) is 4.84 Å². The fourth-order valence-corrected chi connectivity index (χ4v) is 4.57. The Morgan fingerprint density at radius 2 is 1.98 bits per heavy atom. The van der Waals surface area contributed by atoms with Gasteiger partial charge in [-0.3, -0.25) is 4.40 Å². The maximum Gasteiger partial charge on any atom is 0.400 e. The summed E-state index contributed by atoms with van der Waals surface area (Å²) in [5.74, 6) is 6.07. The van der Waals surface area contributed by atoms with Gasteiger partial charge in [0.25, 0.3) is 0 Å². The molecule has 13 heteroatoms. The van der Waals surface area contributed by atoms with Gasteiger partial charge >= 0.3 is 12.2 Å². The van der Waals surface area contributed by atoms with E-state index in [4.69, 9.17) is 4.84 Å². The highest BCUT2D eigenvalue weighted by atomic mass is 19.4. The van der Waals surface area contributed by atoms with Crippen LogP contribution >= 0.6 is 0 Å². The molecule has 0 saturated heterocycles. The molecule has 44 heavy (non-hydrogen) atoms. The molecule has 5 rings (SSSR count). The van der Waals surface area contributed by atoms with Crippen LogP contribution in [0.2, 0.25) is 0 Å². The number of anilines is 2. The molecule has 1 atom stereocenters. The van der Waals surface area contributed by atoms with Gasteiger partial charge in [0.1, 0.15) is 23.0 Å². The first-order chi connectivity index (χ1) is 20.7. The van der Waals surface area contributed by atoms with Gasteiger partial charge in [0, 0.05) is 42.4 Å². The van der Waals surface area contributed by atoms with Crippen molar-refractivity contribution in [3.63, 3.8) is 0 Å². The molecule has 2 amide bonds. The van der Waals surface area contributed by atoms with Crippen molar-refractivity contribution in [2.24, 2.45) is 5.41 Å². The van der Waals surface area contributed by atoms with Gasteiger partial charge in [0.15, 0.2) is 5.65 Å². The number of pyridine rings is 1. The second kappa shape index (κ2) is 11.8. The molecule has 0 spiro atoms. The molecule has 1 unspecified atom stereocenters. The molecular formula is C31H35F3N8O2. The minimum absolute atomic E-state index is 0.286. The fraction of sp³-hybridized carbons (Fsp3) is 0.355. The number of aromatic nitrogens is 2. The van der Waals surface area contributed by atoms with Crippen LogP contribution < -0.4 is 21.4 Å². The molecule has 4 heterocycles. The number of hydrogen-bond donors (Lipinski definition) is 4. The summed E-state index contributed by atoms with van der Waals surface area (Å²) in [6.45, 7) is 8.87. The molecule has 2 aliphatic rings. The predicted octanol–water partition coefficient (Wildman–Crippen LogP) is 5.32. The van der Waals surface area contributed by atoms with E-state index in [-0.39, 0.29) is 5.76 Å². The highest BCUT2D eigenvalue weighted by Gasteiger charge is 2.53. The van der Waals surface area contributed by atoms with Crippen molar-refractivity contribution in [3.8, 4) is 11.8 Å². The summed E-state index contributed by atoms with van der Waals surface area (Å²) in [5.41, 5.74) is 6.49. The molecule has 0 saturated carbocycles. The number of hydrazine groups is 1. The lowest BCUT2D eigenvalue weighted by molar-refractivity contribution is -0.225. The third-order valence-electron chi connectivity index (χ3n) is 7.50. The van der Waals surface area contributed by atoms with E-state index in [1.54, 1.807) is 18.3 Å². The molecule has 10 nitrogen and oxygen atoms in total. The van der Waals surface area contributed by atoms with E-state index in [9.17, 15) is 18.0 Å². The van der Waals surface area contributed by atoms with Gasteiger partial charge in [0.2, 0.25) is 0 Å². The van der Waals surface area contributed by atoms with Crippen LogP contribution in [0.15, 0.2) is 66.5 Å². The lowest BCUT2D eigenvalue weighted by Gasteiger charge is -2.28. The number of aryl methyl sites for hydroxylation is 1. The lowest BCUT2D eigenvalue weighted by atomic mass is 9.90. The maximum atomic E-state index is 13.5. The van der Waals surface area contributed by atoms with Crippen molar-refractivity contribution in [1.29, 1.82) is 0 Å². The third kappa shape index (κ3) is 6.31. The van der Waals surface area contributed by atoms with Crippen molar-refractivity contribution in [2.75, 3.05) is 24.2 Å². The van der Waals surface area contributed by atoms with Gasteiger partial charge in [-0.05, 0) is 76.4 Å². The van der Waals surface area contributed by atoms with Crippen LogP contribution in [0.25, 0.3) is 5.65 Å². The van der Waals surface area contributed by atoms with Gasteiger partial charge in [-0.25, -0.2) is 15.2 Å². The monoisotopic (exact) mass is 608 g/mol. The summed E-state index contributed by atoms with van der Waals surface area (Å²) in [7, 11) is 1.45. The Morgan fingerprint density at radius 3 is 2.68 bits per heavy atom. The first-order valence-electron chi connectivity index (χ1n) is 14.1. The molecule has 1 aromatic carbocycles. The average Bonchev–Trinajstić information content (AvgIpc) is 3.68. The van der Waals surface area contributed by atoms with E-state index >= 15 is 0 Å². The number of hydrogen-bond acceptors (Lipinski definition) is 7. The third-order valence-corrected chi connectivity index (χ3v) is 7.50. The highest BCUT2D eigenvalue weighted by molar-refractivity contribution is 5.90. The quantitative estimate of drug-likeness (QED) is 0.281. The molecule has 0 radical (unpaired) electrons. The number of urea groups is 1. The van der Waals surface area contributed by atoms with Crippen molar-refractivity contribution >= 4 is 23.1 Å². The Balaban J connectivity index is 1.29. The first-order valence-corrected chi connectivity index (χ1v) is 14.1. The Kier molecular flexibility index (Phi) is 8.24. The van der Waals surface area contributed by atoms with Crippen LogP contribution in [0.3, 0.4) is 0 Å². The Hall–Kier alpha value is -4.67. The normalized spacial score (nSPS) is 17.2. The first kappa shape index (κ1) is 30.8. The largest absolute Gasteiger partial charge is 0.408 e. The Labute approximate surface area is 253 Å². The van der Waals surface area contributed by atoms with E-state index in [1.807, 2.05) is 46.9 Å². The second-order valence-corrected chi connectivity index (χ2v) is 11.5. The zero-order valence-electron chi connectivity index (χ0n) is 25.3. The number of allylic oxidation sites excluding steroid dienone is 1. The van der Waals surface area contributed by atoms with Gasteiger partial charge in [-0.2, -0.15) is 13.2 Å². The number of carbonyl (C=O) groups is 1. The summed E-state index contributed by atoms with van der Waals surface area (Å²) in [5, 5.41) is 12.0. The molecule has 3 aromatic rings. The van der Waals surface area contributed by atoms with E-state index in [0.29, 0.717) is 29.5 Å². The number of halogens is 3. The fourth-order valence-electron chi connectivity index (χ4n) is 4.57. The van der Waals surface area contributed by atoms with E-state index in [1.165, 1.54) is 13.1 Å². The molecule has 2 aliphatic heterocycles. The number of nitrogens with one attached hydrogen (secondary N) is 4. The Bertz CT molecular complexity index is 1700. The zero-order valence-corrected chi connectivity index (χ0v) is 25.3. The number of hydroxylamine groups is 2. The highest BCUT2D eigenvalue weighted by Crippen LogP contribution is 2.45. The minimum Gasteiger partial charge on any atom is -0.408 e. The van der Waals surface area contributed by atoms with E-state index in [2.05, 4.69) is 52.0 Å². The van der Waals surface area contributed by atoms with Crippen LogP contribution in [0.1, 0.15) is 44.5 Å². The number of amides is 2. The SMILES string of the molecule is Cc1ccc(NC(=O)NC2C=C(C(C)(C)C(F)(F)F)ON2C)cc1C#Cc1cnc2c(NC3=CN(C(C)C)NC3)cccn12. The van der Waals surface area contributed by atoms with Gasteiger partial charge in [-0.15, -0.1) is 5.06 Å². The standard InChI is InChI=1S/C31H35F3N8O2/c1-19(2)42-18-23(16-36-42)37-25-8-7-13-41-24(17-35-28(25)41)12-10-21-14-22(11-9-20(21)3)38-29(43)39-27-15-26(44-40(27)6)30(4,5)31(32,33)34/h7-9,11,13-15,17-19,27,36-37H,16H2,1-6H3,(H2,38,39,43). The zero-order chi connectivity index (χ0) is 31.8. The molecule has 0 bridgehead atoms. The predicted molar refractivity (Wildman–Crippen MR) is 162 cm³/mol. The topological polar surface area (TPSA) is 98.2 Å². The number of likely N-dealkylation sites (N-methyl/N-ethyl adjacent to an activating group) is 1. The molecule has 2 aromatic heterocycles. The summed E-state index contributed by atoms with van der Waals surface area (Å²) in [6, 6.07) is 8.90. The molecule has 0 fully saturated rings. The molecular weight excluding hydrogens is 573 g/mol. The average molecular weight is 609 g/mol. The van der Waals surface area contributed by atoms with Gasteiger partial charge in [0.05, 0.1) is 18.4 Å². The van der Waals surface area contributed by atoms with Crippen LogP contribution in [0.5, 0.6) is 0 Å². The van der Waals surface area contributed by atoms with Crippen molar-refractivity contribution in [1.82, 2.24) is 30.2 Å². The number of nitrogens with zero attached hydrogens (tertiary/aromatic N) is 4. The van der Waals surface area contributed by atoms with Crippen LogP contribution in [0, 0.1) is 24.2 Å². The lowest BCUT2D eigenvalue weighted by Crippen LogP contribution is -2.44. The maximum absolute atomic E-state index is 13.5. The number of fused-ring (bicyclic) bond motifs is 1. The smallest absolute Gasteiger partial charge is 0.400 e. The summed E-state index contributed by atoms with van der Waals surface area (Å²) >= 11 is 0. The summed E-state index contributed by atoms with van der Waals surface area (Å²) < 4.78 is 42.3. The van der Waals surface area contributed by atoms with E-state index < -0.39 is 23.8 Å². The number of benzene rings is 1. The number of carbonyl (C=O) groups excluding carboxylic acids is 1. The van der Waals surface area contributed by atoms with E-state index in [0.717, 1.165) is 41.5 Å². The minimum atomic E-state index is -4.51. The summed E-state index contributed by atoms with van der Waals surface area (Å²) in [4.78, 5) is 22.6. The molecule has 4 N–H and O–H groups in total. The van der Waals surface area contributed by atoms with Gasteiger partial charge in [-0.1, -0.05) is 12.0 Å². The van der Waals surface area contributed by atoms with Crippen LogP contribution in [0.4, 0.5) is 29.3 Å². The van der Waals surface area contributed by atoms with Gasteiger partial charge < -0.3 is 25.8 Å². The molecule has 232 valence electrons. The second-order valence-electron chi connectivity index (χ2n) is 11.5. The number of rotatable bonds is 6. The Morgan fingerprint density at radius 1 is 1.20 bits per heavy atom. The van der Waals surface area contributed by atoms with Crippen molar-refractivity contribution < 1.29 is 22.8 Å². The number of imidazole rings is 1. The number of alkyl halides is 3.